The molecule has 1 aromatic carbocycles. The number of hydrogen-bond donors (Lipinski definition) is 1. The molecular formula is C12H15ClN2. The summed E-state index contributed by atoms with van der Waals surface area (Å²) in [5.41, 5.74) is 6.42. The van der Waals surface area contributed by atoms with Gasteiger partial charge in [0.1, 0.15) is 0 Å². The highest BCUT2D eigenvalue weighted by atomic mass is 35.5. The van der Waals surface area contributed by atoms with Crippen LogP contribution in [0.25, 0.3) is 0 Å². The van der Waals surface area contributed by atoms with Gasteiger partial charge in [-0.3, -0.25) is 5.43 Å². The van der Waals surface area contributed by atoms with E-state index < -0.39 is 0 Å². The number of halogens is 1. The second-order valence-electron chi connectivity index (χ2n) is 3.12. The summed E-state index contributed by atoms with van der Waals surface area (Å²) in [7, 11) is 0. The monoisotopic (exact) mass is 222 g/mol. The summed E-state index contributed by atoms with van der Waals surface area (Å²) in [6.07, 6.45) is 3.78. The Hall–Kier alpha value is -1.28. The molecule has 0 radical (unpaired) electrons. The summed E-state index contributed by atoms with van der Waals surface area (Å²) in [6, 6.07) is 9.85. The Kier molecular flexibility index (Phi) is 5.56. The summed E-state index contributed by atoms with van der Waals surface area (Å²) in [4.78, 5) is 0. The fraction of sp³-hybridized carbons (Fsp3) is 0.250. The maximum atomic E-state index is 5.52. The molecule has 1 aromatic rings. The van der Waals surface area contributed by atoms with E-state index in [9.17, 15) is 0 Å². The first-order valence-corrected chi connectivity index (χ1v) is 5.45. The lowest BCUT2D eigenvalue weighted by molar-refractivity contribution is 0.991. The van der Waals surface area contributed by atoms with E-state index in [2.05, 4.69) is 17.5 Å². The molecule has 0 heterocycles. The molecule has 2 nitrogen and oxygen atoms in total. The van der Waals surface area contributed by atoms with Gasteiger partial charge in [-0.25, -0.2) is 0 Å². The van der Waals surface area contributed by atoms with Crippen molar-refractivity contribution in [2.24, 2.45) is 5.10 Å². The number of benzene rings is 1. The standard InChI is InChI=1S/C12H15ClN2/c1-2-6-11(9-10-13)14-15-12-7-4-3-5-8-12/h3-5,7-10,15H,2,6H2,1H3. The zero-order chi connectivity index (χ0) is 10.9. The molecule has 0 atom stereocenters. The van der Waals surface area contributed by atoms with Crippen molar-refractivity contribution >= 4 is 23.0 Å². The van der Waals surface area contributed by atoms with Crippen LogP contribution in [0.3, 0.4) is 0 Å². The molecule has 0 saturated heterocycles. The third-order valence-corrected chi connectivity index (χ3v) is 1.99. The molecule has 1 rings (SSSR count). The highest BCUT2D eigenvalue weighted by Gasteiger charge is 1.92. The van der Waals surface area contributed by atoms with Crippen LogP contribution in [0.2, 0.25) is 0 Å². The van der Waals surface area contributed by atoms with Crippen LogP contribution in [0.1, 0.15) is 19.8 Å². The quantitative estimate of drug-likeness (QED) is 0.591. The number of allylic oxidation sites excluding steroid dienone is 1. The summed E-state index contributed by atoms with van der Waals surface area (Å²) in [5.74, 6) is 0. The molecule has 0 aliphatic carbocycles. The SMILES string of the molecule is CCCC(C=CCl)=NNc1ccccc1. The summed E-state index contributed by atoms with van der Waals surface area (Å²) in [5, 5.41) is 4.27. The molecule has 0 spiro atoms. The fourth-order valence-electron chi connectivity index (χ4n) is 1.15. The zero-order valence-corrected chi connectivity index (χ0v) is 9.54. The third kappa shape index (κ3) is 4.66. The van der Waals surface area contributed by atoms with Crippen LogP contribution in [0, 0.1) is 0 Å². The van der Waals surface area contributed by atoms with Crippen LogP contribution in [-0.4, -0.2) is 5.71 Å². The van der Waals surface area contributed by atoms with Crippen LogP contribution in [0.4, 0.5) is 5.69 Å². The van der Waals surface area contributed by atoms with Gasteiger partial charge in [-0.05, 0) is 24.6 Å². The fourth-order valence-corrected chi connectivity index (χ4v) is 1.30. The first-order valence-electron chi connectivity index (χ1n) is 5.01. The maximum Gasteiger partial charge on any atom is 0.0615 e. The number of para-hydroxylation sites is 1. The maximum absolute atomic E-state index is 5.52. The molecule has 0 fully saturated rings. The van der Waals surface area contributed by atoms with Crippen molar-refractivity contribution in [3.05, 3.63) is 41.9 Å². The average Bonchev–Trinajstić information content (AvgIpc) is 2.28. The van der Waals surface area contributed by atoms with Crippen molar-refractivity contribution in [1.82, 2.24) is 0 Å². The Morgan fingerprint density at radius 3 is 2.73 bits per heavy atom. The van der Waals surface area contributed by atoms with Crippen molar-refractivity contribution in [2.45, 2.75) is 19.8 Å². The Morgan fingerprint density at radius 2 is 2.13 bits per heavy atom. The molecule has 0 unspecified atom stereocenters. The van der Waals surface area contributed by atoms with Gasteiger partial charge in [0, 0.05) is 5.54 Å². The second kappa shape index (κ2) is 7.07. The molecule has 0 amide bonds. The van der Waals surface area contributed by atoms with Crippen LogP contribution >= 0.6 is 11.6 Å². The van der Waals surface area contributed by atoms with E-state index in [4.69, 9.17) is 11.6 Å². The van der Waals surface area contributed by atoms with E-state index in [1.54, 1.807) is 6.08 Å². The van der Waals surface area contributed by atoms with E-state index in [1.807, 2.05) is 30.3 Å². The number of nitrogens with zero attached hydrogens (tertiary/aromatic N) is 1. The van der Waals surface area contributed by atoms with Gasteiger partial charge in [-0.1, -0.05) is 43.1 Å². The molecular weight excluding hydrogens is 208 g/mol. The minimum absolute atomic E-state index is 0.920. The smallest absolute Gasteiger partial charge is 0.0615 e. The summed E-state index contributed by atoms with van der Waals surface area (Å²) in [6.45, 7) is 2.11. The van der Waals surface area contributed by atoms with E-state index in [-0.39, 0.29) is 0 Å². The molecule has 1 N–H and O–H groups in total. The zero-order valence-electron chi connectivity index (χ0n) is 8.78. The molecule has 80 valence electrons. The van der Waals surface area contributed by atoms with E-state index in [1.165, 1.54) is 5.54 Å². The van der Waals surface area contributed by atoms with Gasteiger partial charge in [-0.15, -0.1) is 0 Å². The number of rotatable bonds is 5. The van der Waals surface area contributed by atoms with Gasteiger partial charge in [0.05, 0.1) is 11.4 Å². The predicted octanol–water partition coefficient (Wildman–Crippen LogP) is 4.01. The topological polar surface area (TPSA) is 24.4 Å². The van der Waals surface area contributed by atoms with Crippen molar-refractivity contribution in [1.29, 1.82) is 0 Å². The first kappa shape index (κ1) is 11.8. The Morgan fingerprint density at radius 1 is 1.40 bits per heavy atom. The minimum atomic E-state index is 0.920. The van der Waals surface area contributed by atoms with Crippen molar-refractivity contribution < 1.29 is 0 Å². The Bertz CT molecular complexity index is 331. The summed E-state index contributed by atoms with van der Waals surface area (Å²) < 4.78 is 0. The minimum Gasteiger partial charge on any atom is -0.278 e. The van der Waals surface area contributed by atoms with Crippen molar-refractivity contribution in [2.75, 3.05) is 5.43 Å². The van der Waals surface area contributed by atoms with E-state index >= 15 is 0 Å². The molecule has 0 saturated carbocycles. The number of nitrogens with one attached hydrogen (secondary N) is 1. The van der Waals surface area contributed by atoms with E-state index in [0.717, 1.165) is 24.2 Å². The van der Waals surface area contributed by atoms with Gasteiger partial charge in [0.15, 0.2) is 0 Å². The number of hydrazone groups is 1. The van der Waals surface area contributed by atoms with Crippen molar-refractivity contribution in [3.8, 4) is 0 Å². The molecule has 0 aromatic heterocycles. The molecule has 0 bridgehead atoms. The van der Waals surface area contributed by atoms with Gasteiger partial charge in [0.2, 0.25) is 0 Å². The number of hydrogen-bond acceptors (Lipinski definition) is 2. The predicted molar refractivity (Wildman–Crippen MR) is 67.4 cm³/mol. The Balaban J connectivity index is 2.61. The Labute approximate surface area is 95.7 Å². The second-order valence-corrected chi connectivity index (χ2v) is 3.38. The van der Waals surface area contributed by atoms with E-state index in [0.29, 0.717) is 0 Å². The van der Waals surface area contributed by atoms with Gasteiger partial charge in [-0.2, -0.15) is 5.10 Å². The average molecular weight is 223 g/mol. The van der Waals surface area contributed by atoms with Gasteiger partial charge < -0.3 is 0 Å². The molecule has 15 heavy (non-hydrogen) atoms. The molecule has 0 aliphatic heterocycles. The highest BCUT2D eigenvalue weighted by molar-refractivity contribution is 6.27. The van der Waals surface area contributed by atoms with Crippen LogP contribution < -0.4 is 5.43 Å². The lowest BCUT2D eigenvalue weighted by Gasteiger charge is -2.02. The normalized spacial score (nSPS) is 12.0. The molecule has 0 aliphatic rings. The lowest BCUT2D eigenvalue weighted by atomic mass is 10.2. The highest BCUT2D eigenvalue weighted by Crippen LogP contribution is 2.05. The van der Waals surface area contributed by atoms with Crippen LogP contribution in [0.5, 0.6) is 0 Å². The lowest BCUT2D eigenvalue weighted by Crippen LogP contribution is -1.98. The first-order chi connectivity index (χ1) is 7.36. The van der Waals surface area contributed by atoms with Crippen LogP contribution in [-0.2, 0) is 0 Å². The summed E-state index contributed by atoms with van der Waals surface area (Å²) >= 11 is 5.52. The molecule has 3 heteroatoms. The van der Waals surface area contributed by atoms with Crippen LogP contribution in [0.15, 0.2) is 47.0 Å². The van der Waals surface area contributed by atoms with Gasteiger partial charge >= 0.3 is 0 Å². The van der Waals surface area contributed by atoms with Crippen molar-refractivity contribution in [3.63, 3.8) is 0 Å². The number of anilines is 1. The van der Waals surface area contributed by atoms with Gasteiger partial charge in [0.25, 0.3) is 0 Å². The largest absolute Gasteiger partial charge is 0.278 e. The third-order valence-electron chi connectivity index (χ3n) is 1.86.